The molecule has 0 bridgehead atoms. The Balaban J connectivity index is 2.07. The Morgan fingerprint density at radius 2 is 1.94 bits per heavy atom. The number of Topliss-reactive ketones (excluding diaryl/α,β-unsaturated/α-hetero) is 1. The molecule has 1 rings (SSSR count). The van der Waals surface area contributed by atoms with E-state index >= 15 is 0 Å². The predicted octanol–water partition coefficient (Wildman–Crippen LogP) is 3.35. The van der Waals surface area contributed by atoms with E-state index in [2.05, 4.69) is 4.90 Å². The highest BCUT2D eigenvalue weighted by Crippen LogP contribution is 2.10. The van der Waals surface area contributed by atoms with Crippen LogP contribution < -0.4 is 0 Å². The molecule has 0 saturated carbocycles. The summed E-state index contributed by atoms with van der Waals surface area (Å²) >= 11 is 5.70. The summed E-state index contributed by atoms with van der Waals surface area (Å²) in [6.07, 6.45) is 7.98. The quantitative estimate of drug-likeness (QED) is 0.713. The average Bonchev–Trinajstić information content (AvgIpc) is 2.27. The average molecular weight is 244 g/mol. The van der Waals surface area contributed by atoms with E-state index in [1.165, 1.54) is 32.4 Å². The van der Waals surface area contributed by atoms with E-state index in [0.717, 1.165) is 18.0 Å². The van der Waals surface area contributed by atoms with Gasteiger partial charge in [-0.3, -0.25) is 4.79 Å². The summed E-state index contributed by atoms with van der Waals surface area (Å²) in [6.45, 7) is 5.14. The summed E-state index contributed by atoms with van der Waals surface area (Å²) in [7, 11) is 0. The van der Waals surface area contributed by atoms with Crippen LogP contribution in [0.15, 0.2) is 11.1 Å². The number of rotatable bonds is 6. The van der Waals surface area contributed by atoms with Crippen LogP contribution in [0.5, 0.6) is 0 Å². The largest absolute Gasteiger partial charge is 0.303 e. The molecular weight excluding hydrogens is 222 g/mol. The summed E-state index contributed by atoms with van der Waals surface area (Å²) in [5, 5.41) is 0.781. The highest BCUT2D eigenvalue weighted by Gasteiger charge is 2.11. The number of likely N-dealkylation sites (tertiary alicyclic amines) is 1. The molecule has 0 radical (unpaired) electrons. The zero-order valence-corrected chi connectivity index (χ0v) is 10.9. The molecule has 0 unspecified atom stereocenters. The number of carbonyl (C=O) groups is 1. The second kappa shape index (κ2) is 7.86. The number of carbonyl (C=O) groups excluding carboxylic acids is 1. The van der Waals surface area contributed by atoms with Gasteiger partial charge in [-0.15, -0.1) is 0 Å². The highest BCUT2D eigenvalue weighted by molar-refractivity contribution is 6.29. The van der Waals surface area contributed by atoms with Crippen molar-refractivity contribution in [2.75, 3.05) is 19.6 Å². The van der Waals surface area contributed by atoms with Gasteiger partial charge < -0.3 is 4.90 Å². The fourth-order valence-corrected chi connectivity index (χ4v) is 2.13. The first-order chi connectivity index (χ1) is 7.68. The first-order valence-corrected chi connectivity index (χ1v) is 6.62. The molecule has 1 aliphatic heterocycles. The Hall–Kier alpha value is -0.340. The summed E-state index contributed by atoms with van der Waals surface area (Å²) < 4.78 is 0. The Labute approximate surface area is 104 Å². The minimum atomic E-state index is 0.361. The lowest BCUT2D eigenvalue weighted by atomic mass is 10.1. The van der Waals surface area contributed by atoms with Crippen LogP contribution in [0.3, 0.4) is 0 Å². The van der Waals surface area contributed by atoms with Crippen molar-refractivity contribution in [3.05, 3.63) is 11.1 Å². The van der Waals surface area contributed by atoms with E-state index < -0.39 is 0 Å². The second-order valence-electron chi connectivity index (χ2n) is 4.52. The molecule has 2 nitrogen and oxygen atoms in total. The van der Waals surface area contributed by atoms with Crippen molar-refractivity contribution in [2.24, 2.45) is 0 Å². The van der Waals surface area contributed by atoms with Crippen molar-refractivity contribution in [1.82, 2.24) is 4.90 Å². The number of allylic oxidation sites excluding steroid dienone is 2. The molecule has 0 aromatic rings. The highest BCUT2D eigenvalue weighted by atomic mass is 35.5. The fourth-order valence-electron chi connectivity index (χ4n) is 2.02. The molecule has 0 spiro atoms. The summed E-state index contributed by atoms with van der Waals surface area (Å²) in [5.74, 6) is 0.361. The molecule has 92 valence electrons. The minimum absolute atomic E-state index is 0.361. The fraction of sp³-hybridized carbons (Fsp3) is 0.769. The molecule has 1 saturated heterocycles. The number of hydrogen-bond donors (Lipinski definition) is 0. The molecule has 0 aromatic heterocycles. The third-order valence-corrected chi connectivity index (χ3v) is 3.16. The van der Waals surface area contributed by atoms with Gasteiger partial charge in [-0.05, 0) is 39.3 Å². The van der Waals surface area contributed by atoms with Crippen molar-refractivity contribution >= 4 is 17.4 Å². The van der Waals surface area contributed by atoms with E-state index in [1.807, 2.05) is 13.0 Å². The van der Waals surface area contributed by atoms with E-state index in [1.54, 1.807) is 0 Å². The molecule has 1 fully saturated rings. The molecule has 0 aromatic carbocycles. The van der Waals surface area contributed by atoms with Gasteiger partial charge in [0.25, 0.3) is 0 Å². The zero-order chi connectivity index (χ0) is 11.8. The van der Waals surface area contributed by atoms with E-state index in [4.69, 9.17) is 11.6 Å². The molecule has 3 heteroatoms. The SMILES string of the molecule is CC(Cl)=CCCC(=O)CCN1CCCCC1. The third-order valence-electron chi connectivity index (χ3n) is 3.00. The maximum absolute atomic E-state index is 11.6. The lowest BCUT2D eigenvalue weighted by Crippen LogP contribution is -2.31. The van der Waals surface area contributed by atoms with E-state index in [-0.39, 0.29) is 0 Å². The normalized spacial score (nSPS) is 18.8. The van der Waals surface area contributed by atoms with Gasteiger partial charge in [0.05, 0.1) is 0 Å². The van der Waals surface area contributed by atoms with Crippen molar-refractivity contribution in [3.8, 4) is 0 Å². The van der Waals surface area contributed by atoms with Crippen molar-refractivity contribution < 1.29 is 4.79 Å². The first kappa shape index (κ1) is 13.7. The minimum Gasteiger partial charge on any atom is -0.303 e. The standard InChI is InChI=1S/C13H22ClNO/c1-12(14)6-5-7-13(16)8-11-15-9-3-2-4-10-15/h6H,2-5,7-11H2,1H3. The van der Waals surface area contributed by atoms with Crippen molar-refractivity contribution in [3.63, 3.8) is 0 Å². The number of ketones is 1. The maximum atomic E-state index is 11.6. The van der Waals surface area contributed by atoms with Crippen LogP contribution in [-0.4, -0.2) is 30.3 Å². The van der Waals surface area contributed by atoms with Crippen LogP contribution in [0.25, 0.3) is 0 Å². The van der Waals surface area contributed by atoms with Crippen LogP contribution in [-0.2, 0) is 4.79 Å². The van der Waals surface area contributed by atoms with Gasteiger partial charge in [0.15, 0.2) is 0 Å². The number of piperidine rings is 1. The van der Waals surface area contributed by atoms with Crippen molar-refractivity contribution in [1.29, 1.82) is 0 Å². The molecule has 16 heavy (non-hydrogen) atoms. The Morgan fingerprint density at radius 1 is 1.25 bits per heavy atom. The Kier molecular flexibility index (Phi) is 6.74. The molecule has 0 amide bonds. The number of hydrogen-bond acceptors (Lipinski definition) is 2. The van der Waals surface area contributed by atoms with Crippen LogP contribution in [0.2, 0.25) is 0 Å². The summed E-state index contributed by atoms with van der Waals surface area (Å²) in [6, 6.07) is 0. The van der Waals surface area contributed by atoms with Gasteiger partial charge >= 0.3 is 0 Å². The van der Waals surface area contributed by atoms with Gasteiger partial charge in [-0.2, -0.15) is 0 Å². The lowest BCUT2D eigenvalue weighted by molar-refractivity contribution is -0.119. The molecular formula is C13H22ClNO. The lowest BCUT2D eigenvalue weighted by Gasteiger charge is -2.25. The Morgan fingerprint density at radius 3 is 2.56 bits per heavy atom. The molecule has 0 N–H and O–H groups in total. The van der Waals surface area contributed by atoms with E-state index in [9.17, 15) is 4.79 Å². The molecule has 0 atom stereocenters. The number of nitrogens with zero attached hydrogens (tertiary/aromatic N) is 1. The predicted molar refractivity (Wildman–Crippen MR) is 68.8 cm³/mol. The van der Waals surface area contributed by atoms with E-state index in [0.29, 0.717) is 18.6 Å². The zero-order valence-electron chi connectivity index (χ0n) is 10.2. The van der Waals surface area contributed by atoms with Crippen LogP contribution in [0, 0.1) is 0 Å². The van der Waals surface area contributed by atoms with Crippen molar-refractivity contribution in [2.45, 2.75) is 45.4 Å². The van der Waals surface area contributed by atoms with Gasteiger partial charge in [0.1, 0.15) is 5.78 Å². The topological polar surface area (TPSA) is 20.3 Å². The van der Waals surface area contributed by atoms with Gasteiger partial charge in [-0.25, -0.2) is 0 Å². The Bertz CT molecular complexity index is 240. The molecule has 1 aliphatic rings. The van der Waals surface area contributed by atoms with Crippen LogP contribution in [0.4, 0.5) is 0 Å². The summed E-state index contributed by atoms with van der Waals surface area (Å²) in [5.41, 5.74) is 0. The molecule has 0 aliphatic carbocycles. The van der Waals surface area contributed by atoms with Gasteiger partial charge in [0.2, 0.25) is 0 Å². The summed E-state index contributed by atoms with van der Waals surface area (Å²) in [4.78, 5) is 14.0. The smallest absolute Gasteiger partial charge is 0.134 e. The monoisotopic (exact) mass is 243 g/mol. The maximum Gasteiger partial charge on any atom is 0.134 e. The van der Waals surface area contributed by atoms with Crippen LogP contribution in [0.1, 0.15) is 45.4 Å². The second-order valence-corrected chi connectivity index (χ2v) is 5.12. The third kappa shape index (κ3) is 6.29. The van der Waals surface area contributed by atoms with Crippen LogP contribution >= 0.6 is 11.6 Å². The van der Waals surface area contributed by atoms with Gasteiger partial charge in [0, 0.05) is 24.4 Å². The number of halogens is 1. The van der Waals surface area contributed by atoms with Gasteiger partial charge in [-0.1, -0.05) is 24.1 Å². The molecule has 1 heterocycles. The first-order valence-electron chi connectivity index (χ1n) is 6.25.